The lowest BCUT2D eigenvalue weighted by molar-refractivity contribution is -0.109. The summed E-state index contributed by atoms with van der Waals surface area (Å²) in [6.07, 6.45) is 1.56. The van der Waals surface area contributed by atoms with Gasteiger partial charge in [-0.3, -0.25) is 14.9 Å². The van der Waals surface area contributed by atoms with Crippen LogP contribution in [0.3, 0.4) is 0 Å². The molecule has 3 rings (SSSR count). The van der Waals surface area contributed by atoms with Crippen molar-refractivity contribution in [3.8, 4) is 0 Å². The number of likely N-dealkylation sites (N-methyl/N-ethyl adjacent to an activating group) is 1. The summed E-state index contributed by atoms with van der Waals surface area (Å²) < 4.78 is 0. The molecular weight excluding hydrogens is 312 g/mol. The van der Waals surface area contributed by atoms with Gasteiger partial charge in [0.15, 0.2) is 5.13 Å². The van der Waals surface area contributed by atoms with Gasteiger partial charge < -0.3 is 10.2 Å². The molecule has 7 heteroatoms. The molecule has 1 aliphatic rings. The van der Waals surface area contributed by atoms with Crippen LogP contribution in [0.5, 0.6) is 0 Å². The van der Waals surface area contributed by atoms with Crippen LogP contribution in [0.2, 0.25) is 0 Å². The Labute approximate surface area is 138 Å². The average molecular weight is 330 g/mol. The molecule has 2 amide bonds. The molecule has 0 fully saturated rings. The van der Waals surface area contributed by atoms with Crippen molar-refractivity contribution in [2.75, 3.05) is 18.9 Å². The number of anilines is 1. The first-order chi connectivity index (χ1) is 11.2. The molecule has 0 aliphatic carbocycles. The fraction of sp³-hybridized carbons (Fsp3) is 0.312. The van der Waals surface area contributed by atoms with E-state index in [0.717, 1.165) is 30.8 Å². The van der Waals surface area contributed by atoms with Crippen LogP contribution in [-0.2, 0) is 24.3 Å². The van der Waals surface area contributed by atoms with Gasteiger partial charge in [-0.05, 0) is 24.7 Å². The number of carbonyl (C=O) groups is 2. The van der Waals surface area contributed by atoms with Crippen molar-refractivity contribution in [3.05, 3.63) is 46.0 Å². The second kappa shape index (κ2) is 6.89. The maximum Gasteiger partial charge on any atom is 0.257 e. The number of aromatic nitrogens is 1. The van der Waals surface area contributed by atoms with Crippen molar-refractivity contribution in [1.82, 2.24) is 15.2 Å². The Kier molecular flexibility index (Phi) is 4.68. The third-order valence-corrected chi connectivity index (χ3v) is 4.72. The van der Waals surface area contributed by atoms with Gasteiger partial charge >= 0.3 is 0 Å². The highest BCUT2D eigenvalue weighted by atomic mass is 32.1. The summed E-state index contributed by atoms with van der Waals surface area (Å²) in [6.45, 7) is 2.29. The van der Waals surface area contributed by atoms with Gasteiger partial charge in [0.05, 0.1) is 5.69 Å². The van der Waals surface area contributed by atoms with Gasteiger partial charge in [0.2, 0.25) is 6.41 Å². The van der Waals surface area contributed by atoms with E-state index in [1.165, 1.54) is 16.2 Å². The summed E-state index contributed by atoms with van der Waals surface area (Å²) in [6, 6.07) is 7.19. The Morgan fingerprint density at radius 2 is 2.35 bits per heavy atom. The smallest absolute Gasteiger partial charge is 0.257 e. The molecule has 0 saturated carbocycles. The van der Waals surface area contributed by atoms with E-state index >= 15 is 0 Å². The van der Waals surface area contributed by atoms with Crippen LogP contribution in [0, 0.1) is 0 Å². The number of carbonyl (C=O) groups excluding carboxylic acids is 2. The van der Waals surface area contributed by atoms with Gasteiger partial charge in [0, 0.05) is 36.5 Å². The van der Waals surface area contributed by atoms with Gasteiger partial charge in [-0.15, -0.1) is 11.3 Å². The van der Waals surface area contributed by atoms with Gasteiger partial charge in [-0.25, -0.2) is 4.98 Å². The monoisotopic (exact) mass is 330 g/mol. The van der Waals surface area contributed by atoms with E-state index in [1.54, 1.807) is 18.2 Å². The molecule has 0 atom stereocenters. The first-order valence-corrected chi connectivity index (χ1v) is 8.22. The van der Waals surface area contributed by atoms with Crippen molar-refractivity contribution in [2.24, 2.45) is 0 Å². The highest BCUT2D eigenvalue weighted by Crippen LogP contribution is 2.28. The number of nitrogens with one attached hydrogen (secondary N) is 2. The molecule has 0 unspecified atom stereocenters. The number of fused-ring (bicyclic) bond motifs is 1. The second-order valence-electron chi connectivity index (χ2n) is 5.53. The highest BCUT2D eigenvalue weighted by Gasteiger charge is 2.19. The molecule has 0 saturated heterocycles. The van der Waals surface area contributed by atoms with E-state index in [1.807, 2.05) is 6.07 Å². The first kappa shape index (κ1) is 15.6. The maximum atomic E-state index is 12.4. The second-order valence-corrected chi connectivity index (χ2v) is 6.61. The van der Waals surface area contributed by atoms with E-state index < -0.39 is 0 Å². The largest absolute Gasteiger partial charge is 0.355 e. The van der Waals surface area contributed by atoms with Crippen LogP contribution in [0.4, 0.5) is 5.13 Å². The average Bonchev–Trinajstić information content (AvgIpc) is 2.94. The van der Waals surface area contributed by atoms with Gasteiger partial charge in [-0.2, -0.15) is 0 Å². The predicted octanol–water partition coefficient (Wildman–Crippen LogP) is 1.63. The van der Waals surface area contributed by atoms with Crippen LogP contribution in [-0.4, -0.2) is 35.8 Å². The minimum atomic E-state index is -0.183. The van der Waals surface area contributed by atoms with E-state index in [2.05, 4.69) is 27.6 Å². The number of amides is 2. The summed E-state index contributed by atoms with van der Waals surface area (Å²) in [5, 5.41) is 6.11. The quantitative estimate of drug-likeness (QED) is 0.817. The lowest BCUT2D eigenvalue weighted by atomic mass is 10.1. The lowest BCUT2D eigenvalue weighted by Gasteiger charge is -2.20. The van der Waals surface area contributed by atoms with E-state index in [-0.39, 0.29) is 5.91 Å². The Hall–Kier alpha value is -2.25. The Morgan fingerprint density at radius 1 is 1.48 bits per heavy atom. The summed E-state index contributed by atoms with van der Waals surface area (Å²) in [7, 11) is 2.08. The van der Waals surface area contributed by atoms with Crippen LogP contribution >= 0.6 is 11.3 Å². The normalized spacial score (nSPS) is 14.1. The van der Waals surface area contributed by atoms with E-state index in [0.29, 0.717) is 23.6 Å². The molecule has 0 radical (unpaired) electrons. The van der Waals surface area contributed by atoms with Crippen molar-refractivity contribution < 1.29 is 9.59 Å². The zero-order valence-electron chi connectivity index (χ0n) is 12.8. The van der Waals surface area contributed by atoms with Gasteiger partial charge in [0.1, 0.15) is 0 Å². The number of nitrogens with zero attached hydrogens (tertiary/aromatic N) is 2. The van der Waals surface area contributed by atoms with Crippen LogP contribution in [0.15, 0.2) is 24.3 Å². The minimum absolute atomic E-state index is 0.183. The summed E-state index contributed by atoms with van der Waals surface area (Å²) in [4.78, 5) is 30.7. The van der Waals surface area contributed by atoms with Crippen molar-refractivity contribution in [3.63, 3.8) is 0 Å². The number of rotatable bonds is 5. The number of hydrogen-bond acceptors (Lipinski definition) is 5. The number of hydrogen-bond donors (Lipinski definition) is 2. The molecular formula is C16H18N4O2S. The van der Waals surface area contributed by atoms with Crippen LogP contribution in [0.25, 0.3) is 0 Å². The molecule has 1 aliphatic heterocycles. The van der Waals surface area contributed by atoms with E-state index in [9.17, 15) is 9.59 Å². The SMILES string of the molecule is CN1CCc2nc(NC(=O)c3cccc(CNC=O)c3)sc2C1. The first-order valence-electron chi connectivity index (χ1n) is 7.40. The van der Waals surface area contributed by atoms with Crippen LogP contribution in [0.1, 0.15) is 26.5 Å². The molecule has 1 aromatic carbocycles. The summed E-state index contributed by atoms with van der Waals surface area (Å²) in [5.74, 6) is -0.183. The van der Waals surface area contributed by atoms with Gasteiger partial charge in [-0.1, -0.05) is 12.1 Å². The molecule has 2 heterocycles. The van der Waals surface area contributed by atoms with E-state index in [4.69, 9.17) is 0 Å². The third-order valence-electron chi connectivity index (χ3n) is 3.72. The fourth-order valence-electron chi connectivity index (χ4n) is 2.53. The van der Waals surface area contributed by atoms with Crippen molar-refractivity contribution >= 4 is 28.8 Å². The lowest BCUT2D eigenvalue weighted by Crippen LogP contribution is -2.25. The number of benzene rings is 1. The summed E-state index contributed by atoms with van der Waals surface area (Å²) >= 11 is 1.54. The predicted molar refractivity (Wildman–Crippen MR) is 89.5 cm³/mol. The van der Waals surface area contributed by atoms with Gasteiger partial charge in [0.25, 0.3) is 5.91 Å². The topological polar surface area (TPSA) is 74.3 Å². The molecule has 0 bridgehead atoms. The Bertz CT molecular complexity index is 729. The zero-order chi connectivity index (χ0) is 16.2. The molecule has 2 N–H and O–H groups in total. The maximum absolute atomic E-state index is 12.4. The number of thiazole rings is 1. The molecule has 0 spiro atoms. The highest BCUT2D eigenvalue weighted by molar-refractivity contribution is 7.15. The third kappa shape index (κ3) is 3.75. The molecule has 1 aromatic heterocycles. The molecule has 2 aromatic rings. The van der Waals surface area contributed by atoms with Crippen LogP contribution < -0.4 is 10.6 Å². The summed E-state index contributed by atoms with van der Waals surface area (Å²) in [5.41, 5.74) is 2.53. The van der Waals surface area contributed by atoms with Crippen molar-refractivity contribution in [2.45, 2.75) is 19.5 Å². The standard InChI is InChI=1S/C16H18N4O2S/c1-20-6-5-13-14(9-20)23-16(18-13)19-15(22)12-4-2-3-11(7-12)8-17-10-21/h2-4,7,10H,5-6,8-9H2,1H3,(H,17,21)(H,18,19,22). The Morgan fingerprint density at radius 3 is 3.17 bits per heavy atom. The fourth-order valence-corrected chi connectivity index (χ4v) is 3.61. The van der Waals surface area contributed by atoms with Crippen molar-refractivity contribution in [1.29, 1.82) is 0 Å². The zero-order valence-corrected chi connectivity index (χ0v) is 13.7. The molecule has 6 nitrogen and oxygen atoms in total. The molecule has 120 valence electrons. The minimum Gasteiger partial charge on any atom is -0.355 e. The Balaban J connectivity index is 1.71. The molecule has 23 heavy (non-hydrogen) atoms.